The summed E-state index contributed by atoms with van der Waals surface area (Å²) in [6.45, 7) is -0.312. The van der Waals surface area contributed by atoms with Crippen LogP contribution in [-0.4, -0.2) is 23.8 Å². The summed E-state index contributed by atoms with van der Waals surface area (Å²) in [5.74, 6) is -1.20. The number of carboxylic acids is 1. The molecule has 0 aliphatic carbocycles. The Kier molecular flexibility index (Phi) is 4.17. The van der Waals surface area contributed by atoms with Crippen LogP contribution in [0.2, 0.25) is 0 Å². The number of hydrogen-bond acceptors (Lipinski definition) is 2. The monoisotopic (exact) mass is 183 g/mol. The summed E-state index contributed by atoms with van der Waals surface area (Å²) in [5, 5.41) is 10.2. The highest BCUT2D eigenvalue weighted by Crippen LogP contribution is 2.17. The number of carbonyl (C=O) groups is 1. The lowest BCUT2D eigenvalue weighted by Crippen LogP contribution is -2.17. The van der Waals surface area contributed by atoms with Gasteiger partial charge in [0.15, 0.2) is 0 Å². The lowest BCUT2D eigenvalue weighted by Gasteiger charge is -2.04. The second-order valence-electron chi connectivity index (χ2n) is 1.99. The van der Waals surface area contributed by atoms with E-state index in [0.717, 1.165) is 12.3 Å². The molecule has 0 rings (SSSR count). The van der Waals surface area contributed by atoms with Crippen LogP contribution < -0.4 is 5.32 Å². The standard InChI is InChI=1S/C6H8F3NO2/c7-6(8,9)2-4-10-3-1-5(11)12/h1,3,10H,2,4H2,(H,11,12)/b3-1+. The predicted molar refractivity (Wildman–Crippen MR) is 35.5 cm³/mol. The molecule has 0 aromatic carbocycles. The van der Waals surface area contributed by atoms with Gasteiger partial charge in [-0.05, 0) is 0 Å². The van der Waals surface area contributed by atoms with Crippen LogP contribution in [0.15, 0.2) is 12.3 Å². The Morgan fingerprint density at radius 2 is 2.08 bits per heavy atom. The van der Waals surface area contributed by atoms with Gasteiger partial charge in [-0.15, -0.1) is 0 Å². The molecular weight excluding hydrogens is 175 g/mol. The van der Waals surface area contributed by atoms with E-state index in [1.54, 1.807) is 0 Å². The maximum absolute atomic E-state index is 11.5. The number of nitrogens with one attached hydrogen (secondary N) is 1. The van der Waals surface area contributed by atoms with E-state index in [0.29, 0.717) is 0 Å². The predicted octanol–water partition coefficient (Wildman–Crippen LogP) is 1.13. The van der Waals surface area contributed by atoms with Crippen LogP contribution in [0.5, 0.6) is 0 Å². The minimum absolute atomic E-state index is 0.312. The average molecular weight is 183 g/mol. The van der Waals surface area contributed by atoms with Gasteiger partial charge in [-0.1, -0.05) is 0 Å². The van der Waals surface area contributed by atoms with Crippen LogP contribution in [0.4, 0.5) is 13.2 Å². The smallest absolute Gasteiger partial charge is 0.390 e. The first kappa shape index (κ1) is 10.8. The molecule has 70 valence electrons. The van der Waals surface area contributed by atoms with E-state index < -0.39 is 18.6 Å². The minimum atomic E-state index is -4.20. The molecule has 0 bridgehead atoms. The van der Waals surface area contributed by atoms with Crippen molar-refractivity contribution in [1.82, 2.24) is 5.32 Å². The van der Waals surface area contributed by atoms with Gasteiger partial charge in [0.05, 0.1) is 6.42 Å². The molecule has 0 atom stereocenters. The molecule has 0 aliphatic heterocycles. The third kappa shape index (κ3) is 8.80. The van der Waals surface area contributed by atoms with E-state index >= 15 is 0 Å². The molecule has 0 fully saturated rings. The number of alkyl halides is 3. The fraction of sp³-hybridized carbons (Fsp3) is 0.500. The van der Waals surface area contributed by atoms with Crippen molar-refractivity contribution < 1.29 is 23.1 Å². The molecule has 0 radical (unpaired) electrons. The van der Waals surface area contributed by atoms with E-state index in [9.17, 15) is 18.0 Å². The SMILES string of the molecule is O=C(O)/C=C/NCCC(F)(F)F. The highest BCUT2D eigenvalue weighted by Gasteiger charge is 2.25. The molecule has 12 heavy (non-hydrogen) atoms. The van der Waals surface area contributed by atoms with Gasteiger partial charge in [-0.25, -0.2) is 4.79 Å². The molecule has 0 amide bonds. The molecule has 0 saturated heterocycles. The Balaban J connectivity index is 3.40. The van der Waals surface area contributed by atoms with Crippen LogP contribution in [0, 0.1) is 0 Å². The maximum atomic E-state index is 11.5. The number of carboxylic acid groups (broad SMARTS) is 1. The Morgan fingerprint density at radius 1 is 1.50 bits per heavy atom. The minimum Gasteiger partial charge on any atom is -0.478 e. The summed E-state index contributed by atoms with van der Waals surface area (Å²) in [4.78, 5) is 9.81. The lowest BCUT2D eigenvalue weighted by atomic mass is 10.4. The van der Waals surface area contributed by atoms with Crippen molar-refractivity contribution in [3.8, 4) is 0 Å². The van der Waals surface area contributed by atoms with Crippen molar-refractivity contribution in [2.45, 2.75) is 12.6 Å². The lowest BCUT2D eigenvalue weighted by molar-refractivity contribution is -0.133. The number of aliphatic carboxylic acids is 1. The van der Waals surface area contributed by atoms with Gasteiger partial charge < -0.3 is 10.4 Å². The van der Waals surface area contributed by atoms with E-state index in [2.05, 4.69) is 5.32 Å². The Morgan fingerprint density at radius 3 is 2.50 bits per heavy atom. The van der Waals surface area contributed by atoms with Crippen molar-refractivity contribution in [1.29, 1.82) is 0 Å². The zero-order valence-electron chi connectivity index (χ0n) is 6.06. The third-order valence-electron chi connectivity index (χ3n) is 0.897. The maximum Gasteiger partial charge on any atom is 0.390 e. The fourth-order valence-corrected chi connectivity index (χ4v) is 0.427. The summed E-state index contributed by atoms with van der Waals surface area (Å²) < 4.78 is 34.4. The van der Waals surface area contributed by atoms with Crippen molar-refractivity contribution in [3.63, 3.8) is 0 Å². The van der Waals surface area contributed by atoms with Crippen LogP contribution in [-0.2, 0) is 4.79 Å². The van der Waals surface area contributed by atoms with Crippen molar-refractivity contribution in [3.05, 3.63) is 12.3 Å². The van der Waals surface area contributed by atoms with Crippen molar-refractivity contribution in [2.24, 2.45) is 0 Å². The first-order valence-corrected chi connectivity index (χ1v) is 3.11. The summed E-state index contributed by atoms with van der Waals surface area (Å²) in [6.07, 6.45) is -3.48. The van der Waals surface area contributed by atoms with E-state index in [1.807, 2.05) is 0 Å². The molecule has 6 heteroatoms. The molecule has 0 heterocycles. The molecule has 3 nitrogen and oxygen atoms in total. The quantitative estimate of drug-likeness (QED) is 0.507. The van der Waals surface area contributed by atoms with Crippen LogP contribution in [0.3, 0.4) is 0 Å². The first-order chi connectivity index (χ1) is 5.42. The molecule has 0 aromatic rings. The Labute approximate surface area is 66.9 Å². The van der Waals surface area contributed by atoms with Gasteiger partial charge in [0, 0.05) is 18.8 Å². The summed E-state index contributed by atoms with van der Waals surface area (Å²) in [7, 11) is 0. The van der Waals surface area contributed by atoms with Crippen LogP contribution in [0.1, 0.15) is 6.42 Å². The third-order valence-corrected chi connectivity index (χ3v) is 0.897. The van der Waals surface area contributed by atoms with Gasteiger partial charge in [0.2, 0.25) is 0 Å². The van der Waals surface area contributed by atoms with Crippen LogP contribution in [0.25, 0.3) is 0 Å². The van der Waals surface area contributed by atoms with E-state index in [4.69, 9.17) is 5.11 Å². The highest BCUT2D eigenvalue weighted by molar-refractivity contribution is 5.79. The van der Waals surface area contributed by atoms with Gasteiger partial charge in [-0.2, -0.15) is 13.2 Å². The van der Waals surface area contributed by atoms with Gasteiger partial charge >= 0.3 is 12.1 Å². The zero-order chi connectivity index (χ0) is 9.61. The Bertz CT molecular complexity index is 176. The molecule has 2 N–H and O–H groups in total. The largest absolute Gasteiger partial charge is 0.478 e. The molecular formula is C6H8F3NO2. The second-order valence-corrected chi connectivity index (χ2v) is 1.99. The van der Waals surface area contributed by atoms with Gasteiger partial charge in [0.25, 0.3) is 0 Å². The highest BCUT2D eigenvalue weighted by atomic mass is 19.4. The van der Waals surface area contributed by atoms with E-state index in [1.165, 1.54) is 0 Å². The molecule has 0 aromatic heterocycles. The Hall–Kier alpha value is -1.20. The second kappa shape index (κ2) is 4.63. The molecule has 0 spiro atoms. The van der Waals surface area contributed by atoms with Crippen molar-refractivity contribution in [2.75, 3.05) is 6.54 Å². The number of rotatable bonds is 4. The van der Waals surface area contributed by atoms with Gasteiger partial charge in [0.1, 0.15) is 0 Å². The van der Waals surface area contributed by atoms with Crippen molar-refractivity contribution >= 4 is 5.97 Å². The van der Waals surface area contributed by atoms with Crippen LogP contribution >= 0.6 is 0 Å². The number of halogens is 3. The number of hydrogen-bond donors (Lipinski definition) is 2. The zero-order valence-corrected chi connectivity index (χ0v) is 6.06. The average Bonchev–Trinajstić information content (AvgIpc) is 1.83. The topological polar surface area (TPSA) is 49.3 Å². The normalized spacial score (nSPS) is 11.9. The van der Waals surface area contributed by atoms with Gasteiger partial charge in [-0.3, -0.25) is 0 Å². The molecule has 0 unspecified atom stereocenters. The summed E-state index contributed by atoms with van der Waals surface area (Å²) in [6, 6.07) is 0. The molecule has 0 aliphatic rings. The summed E-state index contributed by atoms with van der Waals surface area (Å²) >= 11 is 0. The summed E-state index contributed by atoms with van der Waals surface area (Å²) in [5.41, 5.74) is 0. The first-order valence-electron chi connectivity index (χ1n) is 3.11. The molecule has 0 saturated carbocycles. The fourth-order valence-electron chi connectivity index (χ4n) is 0.427. The van der Waals surface area contributed by atoms with E-state index in [-0.39, 0.29) is 6.54 Å².